The zero-order chi connectivity index (χ0) is 21.4. The fourth-order valence-corrected chi connectivity index (χ4v) is 4.74. The summed E-state index contributed by atoms with van der Waals surface area (Å²) in [6.45, 7) is 5.39. The van der Waals surface area contributed by atoms with Crippen LogP contribution in [0.1, 0.15) is 18.5 Å². The average molecular weight is 431 g/mol. The van der Waals surface area contributed by atoms with Crippen molar-refractivity contribution in [3.63, 3.8) is 0 Å². The van der Waals surface area contributed by atoms with Gasteiger partial charge >= 0.3 is 0 Å². The lowest BCUT2D eigenvalue weighted by Gasteiger charge is -2.40. The number of hydrogen-bond acceptors (Lipinski definition) is 8. The van der Waals surface area contributed by atoms with E-state index in [1.54, 1.807) is 6.20 Å². The van der Waals surface area contributed by atoms with Crippen molar-refractivity contribution in [2.24, 2.45) is 0 Å². The van der Waals surface area contributed by atoms with E-state index in [4.69, 9.17) is 14.5 Å². The van der Waals surface area contributed by atoms with Crippen LogP contribution < -0.4 is 20.3 Å². The smallest absolute Gasteiger partial charge is 0.227 e. The van der Waals surface area contributed by atoms with Crippen molar-refractivity contribution in [3.8, 4) is 17.0 Å². The van der Waals surface area contributed by atoms with Crippen molar-refractivity contribution in [1.29, 1.82) is 0 Å². The van der Waals surface area contributed by atoms with Gasteiger partial charge in [0.1, 0.15) is 0 Å². The van der Waals surface area contributed by atoms with E-state index in [9.17, 15) is 0 Å². The molecule has 2 saturated heterocycles. The number of anilines is 3. The molecule has 3 aliphatic rings. The van der Waals surface area contributed by atoms with Gasteiger partial charge in [-0.15, -0.1) is 0 Å². The minimum absolute atomic E-state index is 0.527. The number of benzene rings is 1. The van der Waals surface area contributed by atoms with Gasteiger partial charge in [0.05, 0.1) is 18.9 Å². The van der Waals surface area contributed by atoms with Gasteiger partial charge in [-0.1, -0.05) is 0 Å². The van der Waals surface area contributed by atoms with Crippen molar-refractivity contribution >= 4 is 17.3 Å². The maximum atomic E-state index is 6.46. The van der Waals surface area contributed by atoms with E-state index < -0.39 is 5.60 Å². The summed E-state index contributed by atoms with van der Waals surface area (Å²) in [5.41, 5.74) is 4.51. The van der Waals surface area contributed by atoms with Crippen LogP contribution in [0.3, 0.4) is 0 Å². The molecule has 32 heavy (non-hydrogen) atoms. The molecule has 0 amide bonds. The second kappa shape index (κ2) is 8.03. The molecule has 6 rings (SSSR count). The molecule has 8 heteroatoms. The average Bonchev–Trinajstić information content (AvgIpc) is 2.86. The summed E-state index contributed by atoms with van der Waals surface area (Å²) in [5.74, 6) is 1.22. The fourth-order valence-electron chi connectivity index (χ4n) is 4.74. The van der Waals surface area contributed by atoms with E-state index in [1.807, 2.05) is 18.3 Å². The van der Waals surface area contributed by atoms with Crippen LogP contribution in [0.5, 0.6) is 5.88 Å². The Hall–Kier alpha value is -3.23. The first-order chi connectivity index (χ1) is 15.8. The van der Waals surface area contributed by atoms with Crippen molar-refractivity contribution in [2.45, 2.75) is 18.4 Å². The zero-order valence-corrected chi connectivity index (χ0v) is 17.9. The highest BCUT2D eigenvalue weighted by molar-refractivity contribution is 5.74. The van der Waals surface area contributed by atoms with E-state index in [1.165, 1.54) is 5.69 Å². The maximum absolute atomic E-state index is 6.46. The molecule has 164 valence electrons. The summed E-state index contributed by atoms with van der Waals surface area (Å²) in [6, 6.07) is 12.4. The van der Waals surface area contributed by atoms with Crippen LogP contribution in [0, 0.1) is 0 Å². The summed E-state index contributed by atoms with van der Waals surface area (Å²) in [6.07, 6.45) is 5.13. The number of ether oxygens (including phenoxy) is 2. The molecule has 0 radical (unpaired) electrons. The number of piperazine rings is 1. The first-order valence-electron chi connectivity index (χ1n) is 11.2. The van der Waals surface area contributed by atoms with Gasteiger partial charge in [-0.05, 0) is 36.4 Å². The van der Waals surface area contributed by atoms with Gasteiger partial charge in [0.25, 0.3) is 0 Å². The Balaban J connectivity index is 1.31. The van der Waals surface area contributed by atoms with Crippen molar-refractivity contribution in [1.82, 2.24) is 20.3 Å². The molecule has 3 aromatic rings. The molecule has 5 heterocycles. The Labute approximate surface area is 187 Å². The number of rotatable bonds is 3. The number of fused-ring (bicyclic) bond motifs is 4. The summed E-state index contributed by atoms with van der Waals surface area (Å²) in [5, 5.41) is 6.77. The SMILES string of the molecule is c1cnc2c(c1)-c1cnc(Nc3ccc(N4CCNCC4)cc3)nc1C1(CCOCC1)O2. The lowest BCUT2D eigenvalue weighted by atomic mass is 9.84. The van der Waals surface area contributed by atoms with Crippen LogP contribution in [0.4, 0.5) is 17.3 Å². The Kier molecular flexibility index (Phi) is 4.88. The number of nitrogens with zero attached hydrogens (tertiary/aromatic N) is 4. The Morgan fingerprint density at radius 3 is 2.59 bits per heavy atom. The molecule has 2 N–H and O–H groups in total. The molecule has 0 bridgehead atoms. The van der Waals surface area contributed by atoms with Crippen LogP contribution in [0.15, 0.2) is 48.8 Å². The lowest BCUT2D eigenvalue weighted by Crippen LogP contribution is -2.43. The third-order valence-electron chi connectivity index (χ3n) is 6.48. The number of pyridine rings is 1. The van der Waals surface area contributed by atoms with Crippen LogP contribution in [-0.2, 0) is 10.3 Å². The molecule has 8 nitrogen and oxygen atoms in total. The minimum atomic E-state index is -0.527. The lowest BCUT2D eigenvalue weighted by molar-refractivity contribution is -0.0563. The quantitative estimate of drug-likeness (QED) is 0.656. The van der Waals surface area contributed by atoms with Gasteiger partial charge in [-0.2, -0.15) is 0 Å². The summed E-state index contributed by atoms with van der Waals surface area (Å²) < 4.78 is 12.1. The molecule has 0 atom stereocenters. The van der Waals surface area contributed by atoms with E-state index in [-0.39, 0.29) is 0 Å². The first-order valence-corrected chi connectivity index (χ1v) is 11.2. The van der Waals surface area contributed by atoms with E-state index >= 15 is 0 Å². The molecule has 0 unspecified atom stereocenters. The van der Waals surface area contributed by atoms with Crippen LogP contribution in [-0.4, -0.2) is 54.3 Å². The first kappa shape index (κ1) is 19.5. The van der Waals surface area contributed by atoms with Gasteiger partial charge in [-0.25, -0.2) is 15.0 Å². The van der Waals surface area contributed by atoms with Gasteiger partial charge in [0, 0.05) is 73.9 Å². The second-order valence-electron chi connectivity index (χ2n) is 8.43. The maximum Gasteiger partial charge on any atom is 0.227 e. The van der Waals surface area contributed by atoms with Gasteiger partial charge < -0.3 is 25.0 Å². The van der Waals surface area contributed by atoms with E-state index in [2.05, 4.69) is 49.8 Å². The van der Waals surface area contributed by atoms with E-state index in [0.29, 0.717) is 25.0 Å². The second-order valence-corrected chi connectivity index (χ2v) is 8.43. The predicted octanol–water partition coefficient (Wildman–Crippen LogP) is 3.09. The Morgan fingerprint density at radius 2 is 1.78 bits per heavy atom. The molecule has 1 spiro atoms. The Bertz CT molecular complexity index is 1110. The topological polar surface area (TPSA) is 84.4 Å². The van der Waals surface area contributed by atoms with Crippen LogP contribution in [0.25, 0.3) is 11.1 Å². The third kappa shape index (κ3) is 3.45. The molecule has 0 aliphatic carbocycles. The number of hydrogen-bond donors (Lipinski definition) is 2. The van der Waals surface area contributed by atoms with Crippen molar-refractivity contribution in [2.75, 3.05) is 49.6 Å². The van der Waals surface area contributed by atoms with E-state index in [0.717, 1.165) is 61.5 Å². The van der Waals surface area contributed by atoms with Crippen LogP contribution >= 0.6 is 0 Å². The molecule has 3 aliphatic heterocycles. The minimum Gasteiger partial charge on any atom is -0.464 e. The molecule has 2 fully saturated rings. The molecule has 1 aromatic carbocycles. The molecular formula is C24H26N6O2. The van der Waals surface area contributed by atoms with Crippen molar-refractivity contribution in [3.05, 3.63) is 54.5 Å². The van der Waals surface area contributed by atoms with Crippen molar-refractivity contribution < 1.29 is 9.47 Å². The standard InChI is InChI=1S/C24H26N6O2/c1-2-19-20-16-27-23(28-17-3-5-18(6-4-17)30-12-10-25-11-13-30)29-21(20)24(7-14-31-15-8-24)32-22(19)26-9-1/h1-6,9,16,25H,7-8,10-15H2,(H,27,28,29). The molecular weight excluding hydrogens is 404 g/mol. The third-order valence-corrected chi connectivity index (χ3v) is 6.48. The highest BCUT2D eigenvalue weighted by atomic mass is 16.5. The number of nitrogens with one attached hydrogen (secondary N) is 2. The van der Waals surface area contributed by atoms with Crippen LogP contribution in [0.2, 0.25) is 0 Å². The Morgan fingerprint density at radius 1 is 0.969 bits per heavy atom. The normalized spacial score (nSPS) is 19.1. The van der Waals surface area contributed by atoms with Gasteiger partial charge in [0.15, 0.2) is 5.60 Å². The van der Waals surface area contributed by atoms with Gasteiger partial charge in [-0.3, -0.25) is 0 Å². The number of aromatic nitrogens is 3. The largest absolute Gasteiger partial charge is 0.464 e. The summed E-state index contributed by atoms with van der Waals surface area (Å²) in [4.78, 5) is 16.4. The zero-order valence-electron chi connectivity index (χ0n) is 17.9. The molecule has 2 aromatic heterocycles. The fraction of sp³-hybridized carbons (Fsp3) is 0.375. The monoisotopic (exact) mass is 430 g/mol. The summed E-state index contributed by atoms with van der Waals surface area (Å²) >= 11 is 0. The summed E-state index contributed by atoms with van der Waals surface area (Å²) in [7, 11) is 0. The van der Waals surface area contributed by atoms with Gasteiger partial charge in [0.2, 0.25) is 11.8 Å². The highest BCUT2D eigenvalue weighted by Crippen LogP contribution is 2.47. The predicted molar refractivity (Wildman–Crippen MR) is 122 cm³/mol. The highest BCUT2D eigenvalue weighted by Gasteiger charge is 2.44. The molecule has 0 saturated carbocycles.